The Kier molecular flexibility index (Phi) is 21.3. The zero-order chi connectivity index (χ0) is 53.9. The smallest absolute Gasteiger partial charge is 0.245 e. The summed E-state index contributed by atoms with van der Waals surface area (Å²) < 4.78 is 0. The Labute approximate surface area is 420 Å². The molecule has 0 bridgehead atoms. The number of para-hydroxylation sites is 1. The number of phenols is 1. The molecule has 3 aromatic rings. The minimum atomic E-state index is -1.81. The molecule has 16 N–H and O–H groups in total. The predicted molar refractivity (Wildman–Crippen MR) is 263 cm³/mol. The molecule has 1 aliphatic rings. The van der Waals surface area contributed by atoms with E-state index in [1.807, 2.05) is 0 Å². The Bertz CT molecular complexity index is 2550. The van der Waals surface area contributed by atoms with Crippen LogP contribution < -0.4 is 59.7 Å². The fourth-order valence-electron chi connectivity index (χ4n) is 7.78. The van der Waals surface area contributed by atoms with Crippen molar-refractivity contribution in [1.29, 1.82) is 0 Å². The number of fused-ring (bicyclic) bond motifs is 1. The van der Waals surface area contributed by atoms with E-state index < -0.39 is 152 Å². The first-order chi connectivity index (χ1) is 34.5. The van der Waals surface area contributed by atoms with Crippen LogP contribution in [0.2, 0.25) is 0 Å². The molecule has 1 fully saturated rings. The van der Waals surface area contributed by atoms with Gasteiger partial charge in [0.15, 0.2) is 0 Å². The summed E-state index contributed by atoms with van der Waals surface area (Å²) in [5, 5.41) is 31.3. The summed E-state index contributed by atoms with van der Waals surface area (Å²) in [6.45, 7) is 5.79. The molecule has 25 nitrogen and oxygen atoms in total. The van der Waals surface area contributed by atoms with Gasteiger partial charge in [-0.25, -0.2) is 0 Å². The molecule has 73 heavy (non-hydrogen) atoms. The summed E-state index contributed by atoms with van der Waals surface area (Å²) in [5.41, 5.74) is 18.3. The number of primary amides is 3. The number of carbonyl (C=O) groups excluding carboxylic acids is 11. The highest BCUT2D eigenvalue weighted by atomic mass is 16.3. The molecule has 0 spiro atoms. The van der Waals surface area contributed by atoms with Crippen LogP contribution in [-0.2, 0) is 65.6 Å². The van der Waals surface area contributed by atoms with E-state index in [0.717, 1.165) is 15.8 Å². The molecule has 1 saturated heterocycles. The van der Waals surface area contributed by atoms with Gasteiger partial charge in [0.2, 0.25) is 65.0 Å². The van der Waals surface area contributed by atoms with Crippen LogP contribution in [0.3, 0.4) is 0 Å². The molecular weight excluding hydrogens is 951 g/mol. The molecule has 7 atom stereocenters. The molecule has 4 rings (SSSR count). The van der Waals surface area contributed by atoms with Crippen LogP contribution >= 0.6 is 0 Å². The average molecular weight is 1020 g/mol. The number of rotatable bonds is 18. The number of phenolic OH excluding ortho intramolecular Hbond substituents is 1. The molecule has 0 unspecified atom stereocenters. The zero-order valence-corrected chi connectivity index (χ0v) is 40.8. The Morgan fingerprint density at radius 1 is 0.822 bits per heavy atom. The lowest BCUT2D eigenvalue weighted by Crippen LogP contribution is -2.60. The lowest BCUT2D eigenvalue weighted by Gasteiger charge is -2.31. The lowest BCUT2D eigenvalue weighted by atomic mass is 9.95. The summed E-state index contributed by atoms with van der Waals surface area (Å²) >= 11 is 0. The van der Waals surface area contributed by atoms with Crippen molar-refractivity contribution in [2.45, 2.75) is 101 Å². The third-order valence-electron chi connectivity index (χ3n) is 12.0. The summed E-state index contributed by atoms with van der Waals surface area (Å²) in [4.78, 5) is 150. The van der Waals surface area contributed by atoms with Crippen molar-refractivity contribution in [3.63, 3.8) is 0 Å². The molecule has 0 aliphatic carbocycles. The van der Waals surface area contributed by atoms with E-state index in [2.05, 4.69) is 54.1 Å². The van der Waals surface area contributed by atoms with Crippen LogP contribution in [0.4, 0.5) is 0 Å². The third kappa shape index (κ3) is 18.0. The summed E-state index contributed by atoms with van der Waals surface area (Å²) in [6, 6.07) is 4.92. The molecule has 1 aliphatic heterocycles. The van der Waals surface area contributed by atoms with Crippen molar-refractivity contribution in [2.75, 3.05) is 26.7 Å². The number of aromatic amines is 1. The Morgan fingerprint density at radius 3 is 2.15 bits per heavy atom. The summed E-state index contributed by atoms with van der Waals surface area (Å²) in [5.74, 6) is -10.3. The predicted octanol–water partition coefficient (Wildman–Crippen LogP) is -3.29. The first-order valence-electron chi connectivity index (χ1n) is 23.5. The normalized spacial score (nSPS) is 20.3. The molecule has 11 amide bonds. The largest absolute Gasteiger partial charge is 0.508 e. The second-order valence-electron chi connectivity index (χ2n) is 17.8. The maximum Gasteiger partial charge on any atom is 0.245 e. The van der Waals surface area contributed by atoms with Crippen molar-refractivity contribution in [3.05, 3.63) is 78.1 Å². The maximum atomic E-state index is 14.2. The number of nitrogens with two attached hydrogens (primary N) is 3. The van der Waals surface area contributed by atoms with Crippen molar-refractivity contribution >= 4 is 75.9 Å². The van der Waals surface area contributed by atoms with E-state index in [0.29, 0.717) is 17.5 Å². The highest BCUT2D eigenvalue weighted by molar-refractivity contribution is 5.98. The van der Waals surface area contributed by atoms with Crippen LogP contribution in [0.5, 0.6) is 5.75 Å². The van der Waals surface area contributed by atoms with Crippen LogP contribution in [0.15, 0.2) is 67.0 Å². The Balaban J connectivity index is 1.66. The molecule has 1 aromatic heterocycles. The van der Waals surface area contributed by atoms with Gasteiger partial charge in [-0.05, 0) is 54.5 Å². The van der Waals surface area contributed by atoms with Gasteiger partial charge in [-0.1, -0.05) is 57.2 Å². The average Bonchev–Trinajstić information content (AvgIpc) is 3.75. The van der Waals surface area contributed by atoms with E-state index in [-0.39, 0.29) is 30.7 Å². The number of likely N-dealkylation sites (N-methyl/N-ethyl adjacent to an activating group) is 1. The Hall–Kier alpha value is -8.51. The Morgan fingerprint density at radius 2 is 1.49 bits per heavy atom. The van der Waals surface area contributed by atoms with Crippen LogP contribution in [0.1, 0.15) is 63.5 Å². The molecule has 2 aromatic carbocycles. The van der Waals surface area contributed by atoms with Crippen molar-refractivity contribution in [2.24, 2.45) is 23.1 Å². The zero-order valence-electron chi connectivity index (χ0n) is 40.8. The van der Waals surface area contributed by atoms with Gasteiger partial charge in [0, 0.05) is 49.1 Å². The monoisotopic (exact) mass is 1020 g/mol. The number of carbonyl (C=O) groups is 11. The molecular formula is C48H65N13O12. The molecule has 2 heterocycles. The molecule has 0 saturated carbocycles. The second-order valence-corrected chi connectivity index (χ2v) is 17.8. The molecule has 394 valence electrons. The maximum absolute atomic E-state index is 14.2. The fourth-order valence-corrected chi connectivity index (χ4v) is 7.78. The van der Waals surface area contributed by atoms with Crippen LogP contribution in [0, 0.1) is 5.92 Å². The fraction of sp³-hybridized carbons (Fsp3) is 0.438. The molecule has 0 radical (unpaired) electrons. The molecule has 25 heteroatoms. The van der Waals surface area contributed by atoms with Crippen molar-refractivity contribution in [1.82, 2.24) is 52.4 Å². The number of hydrogen-bond acceptors (Lipinski definition) is 13. The van der Waals surface area contributed by atoms with Gasteiger partial charge < -0.3 is 74.7 Å². The van der Waals surface area contributed by atoms with E-state index in [9.17, 15) is 57.8 Å². The number of hydrogen-bond donors (Lipinski definition) is 13. The van der Waals surface area contributed by atoms with E-state index in [4.69, 9.17) is 17.2 Å². The third-order valence-corrected chi connectivity index (χ3v) is 12.0. The van der Waals surface area contributed by atoms with Gasteiger partial charge in [0.1, 0.15) is 36.0 Å². The highest BCUT2D eigenvalue weighted by Gasteiger charge is 2.35. The first-order valence-corrected chi connectivity index (χ1v) is 23.5. The van der Waals surface area contributed by atoms with Gasteiger partial charge in [-0.3, -0.25) is 52.7 Å². The number of aromatic hydroxyl groups is 1. The van der Waals surface area contributed by atoms with E-state index >= 15 is 0 Å². The van der Waals surface area contributed by atoms with E-state index in [1.54, 1.807) is 56.4 Å². The highest BCUT2D eigenvalue weighted by Crippen LogP contribution is 2.20. The number of nitrogens with zero attached hydrogens (tertiary/aromatic N) is 1. The topological polar surface area (TPSA) is 401 Å². The van der Waals surface area contributed by atoms with Gasteiger partial charge in [-0.2, -0.15) is 0 Å². The van der Waals surface area contributed by atoms with Gasteiger partial charge >= 0.3 is 0 Å². The van der Waals surface area contributed by atoms with Crippen LogP contribution in [-0.4, -0.2) is 143 Å². The van der Waals surface area contributed by atoms with Gasteiger partial charge in [0.25, 0.3) is 0 Å². The lowest BCUT2D eigenvalue weighted by molar-refractivity contribution is -0.140. The minimum absolute atomic E-state index is 0.0133. The van der Waals surface area contributed by atoms with E-state index in [1.165, 1.54) is 19.2 Å². The van der Waals surface area contributed by atoms with Crippen LogP contribution in [0.25, 0.3) is 10.9 Å². The van der Waals surface area contributed by atoms with Gasteiger partial charge in [-0.15, -0.1) is 0 Å². The van der Waals surface area contributed by atoms with Crippen molar-refractivity contribution in [3.8, 4) is 5.75 Å². The summed E-state index contributed by atoms with van der Waals surface area (Å²) in [6.07, 6.45) is -0.512. The number of H-pyrrole nitrogens is 1. The SMILES string of the molecule is C=C1N[C@@H]([C@@H](C)CC)C(=O)N[C@@H](CCC(N)=O)C(=O)N[C@@H](CC(N)=O)C(=O)N[C@H](C(=O)N(C)CC(=O)N[C@@H](Cc2c[nH]c3ccccc23)C(=O)NCC(N)=O)CCC(=O)NCC(=O)N[C@H]1Cc1ccc(O)cc1. The second kappa shape index (κ2) is 27.2. The van der Waals surface area contributed by atoms with Gasteiger partial charge in [0.05, 0.1) is 32.1 Å². The number of aromatic nitrogens is 1. The quantitative estimate of drug-likeness (QED) is 0.0595. The number of amides is 11. The number of benzene rings is 2. The van der Waals surface area contributed by atoms with Crippen molar-refractivity contribution < 1.29 is 57.8 Å². The first kappa shape index (κ1) is 57.1. The summed E-state index contributed by atoms with van der Waals surface area (Å²) in [7, 11) is 1.19. The minimum Gasteiger partial charge on any atom is -0.508 e. The standard InChI is InChI=1S/C48H65N13O12/c1-5-25(2)43-47(72)58-32(14-16-37(49)63)45(70)60-36(20-38(50)64)46(71)59-33(15-17-40(66)53-23-41(67)56-34(26(3)55-43)18-27-10-12-29(62)13-11-27)48(73)61(4)24-42(68)57-35(44(69)54-22-39(51)65)19-28-21-52-31-9-7-6-8-30(28)31/h6-13,21,25,32-36,43,52,55,62H,3,5,14-20,22-24H2,1-2,4H3,(H2,49,63)(H2,50,64)(H2,51,65)(H,53,66)(H,54,69)(H,56,67)(H,57,68)(H,58,72)(H,59,71)(H,60,70)/t25-,32-,33-,34-,35-,36-,43-/m0/s1. The number of nitrogens with one attached hydrogen (secondary N) is 9.